The molecule has 12 heteroatoms. The van der Waals surface area contributed by atoms with E-state index in [0.717, 1.165) is 0 Å². The first kappa shape index (κ1) is 17.0. The predicted octanol–water partition coefficient (Wildman–Crippen LogP) is 4.72. The Labute approximate surface area is 95.5 Å². The van der Waals surface area contributed by atoms with Gasteiger partial charge in [0.25, 0.3) is 0 Å². The van der Waals surface area contributed by atoms with Crippen LogP contribution in [0.1, 0.15) is 0 Å². The van der Waals surface area contributed by atoms with E-state index in [-0.39, 0.29) is 0 Å². The zero-order valence-electron chi connectivity index (χ0n) is 7.30. The Morgan fingerprint density at radius 1 is 0.706 bits per heavy atom. The minimum absolute atomic E-state index is 0.828. The van der Waals surface area contributed by atoms with Gasteiger partial charge in [0.05, 0.1) is 0 Å². The molecule has 17 heavy (non-hydrogen) atoms. The Kier molecular flexibility index (Phi) is 4.94. The number of hydrogen-bond donors (Lipinski definition) is 0. The second kappa shape index (κ2) is 4.94. The van der Waals surface area contributed by atoms with E-state index in [4.69, 9.17) is 0 Å². The molecule has 0 aromatic heterocycles. The summed E-state index contributed by atoms with van der Waals surface area (Å²) in [4.78, 5) is 0. The molecular weight excluding hydrogens is 314 g/mol. The highest BCUT2D eigenvalue weighted by molar-refractivity contribution is 8.77. The molecule has 0 nitrogen and oxygen atoms in total. The fraction of sp³-hybridized carbons (Fsp3) is 1.00. The maximum absolute atomic E-state index is 12.4. The molecule has 0 rings (SSSR count). The molecule has 0 saturated heterocycles. The first-order chi connectivity index (χ1) is 7.21. The highest BCUT2D eigenvalue weighted by Gasteiger charge is 2.73. The third-order valence-corrected chi connectivity index (χ3v) is 3.47. The summed E-state index contributed by atoms with van der Waals surface area (Å²) in [6.45, 7) is 0. The summed E-state index contributed by atoms with van der Waals surface area (Å²) in [6, 6.07) is 0. The first-order valence-electron chi connectivity index (χ1n) is 3.40. The third kappa shape index (κ3) is 4.64. The van der Waals surface area contributed by atoms with Gasteiger partial charge in [-0.1, -0.05) is 10.8 Å². The van der Waals surface area contributed by atoms with Crippen molar-refractivity contribution in [3.63, 3.8) is 0 Å². The van der Waals surface area contributed by atoms with Crippen LogP contribution < -0.4 is 0 Å². The van der Waals surface area contributed by atoms with Crippen LogP contribution in [0.2, 0.25) is 0 Å². The van der Waals surface area contributed by atoms with Crippen LogP contribution in [0.4, 0.5) is 43.9 Å². The molecule has 104 valence electrons. The molecule has 0 aliphatic carbocycles. The topological polar surface area (TPSA) is 0 Å². The van der Waals surface area contributed by atoms with Crippen molar-refractivity contribution in [2.75, 3.05) is 5.75 Å². The van der Waals surface area contributed by atoms with Crippen molar-refractivity contribution >= 4 is 21.6 Å². The van der Waals surface area contributed by atoms with E-state index in [1.54, 1.807) is 0 Å². The van der Waals surface area contributed by atoms with Crippen molar-refractivity contribution in [1.82, 2.24) is 0 Å². The van der Waals surface area contributed by atoms with Gasteiger partial charge in [-0.25, -0.2) is 0 Å². The van der Waals surface area contributed by atoms with Crippen LogP contribution in [0.25, 0.3) is 0 Å². The molecule has 0 unspecified atom stereocenters. The SMILES string of the molecule is FC(F)(F)CSSC(F)(F)C(F)(F)C(F)(F)F. The van der Waals surface area contributed by atoms with Gasteiger partial charge in [0, 0.05) is 0 Å². The molecule has 0 heterocycles. The molecule has 0 N–H and O–H groups in total. The van der Waals surface area contributed by atoms with Gasteiger partial charge in [0.2, 0.25) is 0 Å². The number of hydrogen-bond acceptors (Lipinski definition) is 2. The minimum Gasteiger partial charge on any atom is -0.188 e. The molecule has 0 radical (unpaired) electrons. The van der Waals surface area contributed by atoms with E-state index in [1.807, 2.05) is 0 Å². The van der Waals surface area contributed by atoms with Crippen LogP contribution in [0, 0.1) is 0 Å². The van der Waals surface area contributed by atoms with Gasteiger partial charge in [0.1, 0.15) is 5.75 Å². The lowest BCUT2D eigenvalue weighted by atomic mass is 10.3. The zero-order chi connectivity index (χ0) is 14.1. The molecule has 0 aromatic rings. The Bertz CT molecular complexity index is 252. The van der Waals surface area contributed by atoms with Crippen LogP contribution in [0.5, 0.6) is 0 Å². The molecule has 0 spiro atoms. The average molecular weight is 316 g/mol. The third-order valence-electron chi connectivity index (χ3n) is 1.11. The quantitative estimate of drug-likeness (QED) is 0.544. The number of halogens is 10. The molecular formula is C5H2F10S2. The maximum Gasteiger partial charge on any atom is 0.460 e. The van der Waals surface area contributed by atoms with Gasteiger partial charge in [-0.05, 0) is 10.8 Å². The van der Waals surface area contributed by atoms with E-state index < -0.39 is 50.9 Å². The molecule has 0 aliphatic heterocycles. The highest BCUT2D eigenvalue weighted by Crippen LogP contribution is 2.55. The molecule has 0 aromatic carbocycles. The maximum atomic E-state index is 12.4. The minimum atomic E-state index is -6.54. The predicted molar refractivity (Wildman–Crippen MR) is 42.1 cm³/mol. The lowest BCUT2D eigenvalue weighted by Gasteiger charge is -2.26. The summed E-state index contributed by atoms with van der Waals surface area (Å²) in [5.41, 5.74) is 0. The van der Waals surface area contributed by atoms with Crippen molar-refractivity contribution in [3.8, 4) is 0 Å². The first-order valence-corrected chi connectivity index (χ1v) is 5.72. The molecule has 0 saturated carbocycles. The second-order valence-electron chi connectivity index (χ2n) is 2.55. The van der Waals surface area contributed by atoms with E-state index in [1.165, 1.54) is 0 Å². The van der Waals surface area contributed by atoms with E-state index >= 15 is 0 Å². The molecule has 0 aliphatic rings. The molecule has 0 fully saturated rings. The highest BCUT2D eigenvalue weighted by atomic mass is 33.1. The van der Waals surface area contributed by atoms with E-state index in [9.17, 15) is 43.9 Å². The summed E-state index contributed by atoms with van der Waals surface area (Å²) in [6.07, 6.45) is -11.5. The summed E-state index contributed by atoms with van der Waals surface area (Å²) >= 11 is 0. The number of alkyl halides is 10. The lowest BCUT2D eigenvalue weighted by molar-refractivity contribution is -0.329. The normalized spacial score (nSPS) is 15.2. The molecule has 0 amide bonds. The van der Waals surface area contributed by atoms with Gasteiger partial charge in [0.15, 0.2) is 0 Å². The van der Waals surface area contributed by atoms with E-state index in [2.05, 4.69) is 0 Å². The summed E-state index contributed by atoms with van der Waals surface area (Å²) in [7, 11) is -2.30. The van der Waals surface area contributed by atoms with Gasteiger partial charge in [-0.2, -0.15) is 43.9 Å². The monoisotopic (exact) mass is 316 g/mol. The van der Waals surface area contributed by atoms with Crippen LogP contribution in [-0.2, 0) is 0 Å². The van der Waals surface area contributed by atoms with Crippen LogP contribution in [0.15, 0.2) is 0 Å². The van der Waals surface area contributed by atoms with Crippen molar-refractivity contribution in [1.29, 1.82) is 0 Å². The van der Waals surface area contributed by atoms with E-state index in [0.29, 0.717) is 0 Å². The molecule has 0 atom stereocenters. The van der Waals surface area contributed by atoms with Crippen molar-refractivity contribution in [2.24, 2.45) is 0 Å². The Balaban J connectivity index is 4.58. The Morgan fingerprint density at radius 2 is 1.12 bits per heavy atom. The fourth-order valence-electron chi connectivity index (χ4n) is 0.388. The Morgan fingerprint density at radius 3 is 1.41 bits per heavy atom. The zero-order valence-corrected chi connectivity index (χ0v) is 8.94. The molecule has 0 bridgehead atoms. The van der Waals surface area contributed by atoms with Crippen molar-refractivity contribution < 1.29 is 43.9 Å². The van der Waals surface area contributed by atoms with Gasteiger partial charge in [-0.15, -0.1) is 0 Å². The fourth-order valence-corrected chi connectivity index (χ4v) is 2.28. The van der Waals surface area contributed by atoms with Crippen molar-refractivity contribution in [2.45, 2.75) is 23.5 Å². The van der Waals surface area contributed by atoms with Gasteiger partial charge in [-0.3, -0.25) is 0 Å². The summed E-state index contributed by atoms with van der Waals surface area (Å²) < 4.78 is 118. The van der Waals surface area contributed by atoms with Gasteiger partial charge < -0.3 is 0 Å². The Hall–Kier alpha value is -0.000000000000000111. The number of rotatable bonds is 4. The van der Waals surface area contributed by atoms with Crippen LogP contribution in [-0.4, -0.2) is 29.3 Å². The second-order valence-corrected chi connectivity index (χ2v) is 4.96. The summed E-state index contributed by atoms with van der Waals surface area (Å²) in [5, 5.41) is -5.68. The summed E-state index contributed by atoms with van der Waals surface area (Å²) in [5.74, 6) is -8.37. The average Bonchev–Trinajstić information content (AvgIpc) is 1.98. The largest absolute Gasteiger partial charge is 0.460 e. The lowest BCUT2D eigenvalue weighted by Crippen LogP contribution is -2.49. The standard InChI is InChI=1S/C5H2F10S2/c6-2(7,8)1-16-17-5(14,15)3(9,10)4(11,12)13/h1H2. The van der Waals surface area contributed by atoms with Crippen LogP contribution >= 0.6 is 21.6 Å². The van der Waals surface area contributed by atoms with Gasteiger partial charge >= 0.3 is 23.5 Å². The smallest absolute Gasteiger partial charge is 0.188 e. The van der Waals surface area contributed by atoms with Crippen molar-refractivity contribution in [3.05, 3.63) is 0 Å². The van der Waals surface area contributed by atoms with Crippen LogP contribution in [0.3, 0.4) is 0 Å².